The molecule has 1 aliphatic heterocycles. The van der Waals surface area contributed by atoms with Gasteiger partial charge in [-0.2, -0.15) is 0 Å². The van der Waals surface area contributed by atoms with Gasteiger partial charge in [-0.25, -0.2) is 0 Å². The SMILES string of the molecule is COCCCN1CC(C)(C)NCC1C(C)(C)C. The lowest BCUT2D eigenvalue weighted by atomic mass is 9.82. The van der Waals surface area contributed by atoms with Crippen molar-refractivity contribution in [2.45, 2.75) is 52.6 Å². The van der Waals surface area contributed by atoms with Gasteiger partial charge in [0.25, 0.3) is 0 Å². The Hall–Kier alpha value is -0.120. The van der Waals surface area contributed by atoms with E-state index in [2.05, 4.69) is 44.8 Å². The van der Waals surface area contributed by atoms with Crippen LogP contribution in [0.25, 0.3) is 0 Å². The Morgan fingerprint density at radius 3 is 2.53 bits per heavy atom. The molecular weight excluding hydrogens is 212 g/mol. The van der Waals surface area contributed by atoms with Gasteiger partial charge in [-0.3, -0.25) is 4.90 Å². The molecule has 1 heterocycles. The first kappa shape index (κ1) is 14.9. The van der Waals surface area contributed by atoms with Gasteiger partial charge in [-0.05, 0) is 25.7 Å². The van der Waals surface area contributed by atoms with E-state index in [9.17, 15) is 0 Å². The molecule has 0 spiro atoms. The van der Waals surface area contributed by atoms with Gasteiger partial charge in [0.1, 0.15) is 0 Å². The number of hydrogen-bond donors (Lipinski definition) is 1. The van der Waals surface area contributed by atoms with Crippen molar-refractivity contribution >= 4 is 0 Å². The van der Waals surface area contributed by atoms with Gasteiger partial charge >= 0.3 is 0 Å². The topological polar surface area (TPSA) is 24.5 Å². The monoisotopic (exact) mass is 242 g/mol. The summed E-state index contributed by atoms with van der Waals surface area (Å²) < 4.78 is 5.16. The Bertz CT molecular complexity index is 233. The zero-order valence-corrected chi connectivity index (χ0v) is 12.5. The predicted molar refractivity (Wildman–Crippen MR) is 73.4 cm³/mol. The molecule has 0 aromatic heterocycles. The van der Waals surface area contributed by atoms with Gasteiger partial charge in [-0.1, -0.05) is 20.8 Å². The van der Waals surface area contributed by atoms with Crippen molar-refractivity contribution in [3.05, 3.63) is 0 Å². The van der Waals surface area contributed by atoms with Crippen LogP contribution in [0.5, 0.6) is 0 Å². The highest BCUT2D eigenvalue weighted by molar-refractivity contribution is 4.96. The number of methoxy groups -OCH3 is 1. The van der Waals surface area contributed by atoms with Crippen molar-refractivity contribution < 1.29 is 4.74 Å². The number of ether oxygens (including phenoxy) is 1. The highest BCUT2D eigenvalue weighted by Crippen LogP contribution is 2.28. The normalized spacial score (nSPS) is 26.1. The molecule has 0 aromatic rings. The van der Waals surface area contributed by atoms with Gasteiger partial charge in [0.15, 0.2) is 0 Å². The van der Waals surface area contributed by atoms with Gasteiger partial charge in [0, 0.05) is 44.9 Å². The second-order valence-corrected chi connectivity index (χ2v) is 6.96. The molecular formula is C14H30N2O. The lowest BCUT2D eigenvalue weighted by Crippen LogP contribution is -2.64. The van der Waals surface area contributed by atoms with E-state index in [1.54, 1.807) is 7.11 Å². The predicted octanol–water partition coefficient (Wildman–Crippen LogP) is 2.12. The molecule has 0 aromatic carbocycles. The van der Waals surface area contributed by atoms with Crippen LogP contribution in [0.4, 0.5) is 0 Å². The summed E-state index contributed by atoms with van der Waals surface area (Å²) in [6.07, 6.45) is 1.12. The zero-order valence-electron chi connectivity index (χ0n) is 12.5. The van der Waals surface area contributed by atoms with Crippen LogP contribution in [-0.2, 0) is 4.74 Å². The van der Waals surface area contributed by atoms with Crippen LogP contribution in [0, 0.1) is 5.41 Å². The van der Waals surface area contributed by atoms with Crippen LogP contribution >= 0.6 is 0 Å². The maximum Gasteiger partial charge on any atom is 0.0474 e. The number of hydrogen-bond acceptors (Lipinski definition) is 3. The fourth-order valence-corrected chi connectivity index (χ4v) is 2.68. The van der Waals surface area contributed by atoms with Crippen molar-refractivity contribution in [1.82, 2.24) is 10.2 Å². The van der Waals surface area contributed by atoms with Crippen molar-refractivity contribution in [3.63, 3.8) is 0 Å². The Labute approximate surface area is 107 Å². The first-order valence-corrected chi connectivity index (χ1v) is 6.74. The second kappa shape index (κ2) is 5.68. The summed E-state index contributed by atoms with van der Waals surface area (Å²) in [6.45, 7) is 15.8. The summed E-state index contributed by atoms with van der Waals surface area (Å²) in [4.78, 5) is 2.63. The maximum absolute atomic E-state index is 5.16. The molecule has 1 unspecified atom stereocenters. The van der Waals surface area contributed by atoms with Gasteiger partial charge in [-0.15, -0.1) is 0 Å². The third-order valence-electron chi connectivity index (χ3n) is 3.61. The number of piperazine rings is 1. The second-order valence-electron chi connectivity index (χ2n) is 6.96. The Morgan fingerprint density at radius 1 is 1.35 bits per heavy atom. The molecule has 0 aliphatic carbocycles. The van der Waals surface area contributed by atoms with Crippen LogP contribution in [0.1, 0.15) is 41.0 Å². The highest BCUT2D eigenvalue weighted by atomic mass is 16.5. The summed E-state index contributed by atoms with van der Waals surface area (Å²) >= 11 is 0. The Morgan fingerprint density at radius 2 is 2.00 bits per heavy atom. The lowest BCUT2D eigenvalue weighted by molar-refractivity contribution is 0.0273. The Balaban J connectivity index is 2.62. The van der Waals surface area contributed by atoms with Gasteiger partial charge < -0.3 is 10.1 Å². The quantitative estimate of drug-likeness (QED) is 0.764. The molecule has 1 atom stereocenters. The fourth-order valence-electron chi connectivity index (χ4n) is 2.68. The molecule has 3 heteroatoms. The largest absolute Gasteiger partial charge is 0.385 e. The summed E-state index contributed by atoms with van der Waals surface area (Å²) in [5, 5.41) is 3.66. The summed E-state index contributed by atoms with van der Waals surface area (Å²) in [7, 11) is 1.78. The summed E-state index contributed by atoms with van der Waals surface area (Å²) in [6, 6.07) is 0.618. The molecule has 1 fully saturated rings. The van der Waals surface area contributed by atoms with E-state index in [0.29, 0.717) is 11.5 Å². The van der Waals surface area contributed by atoms with Crippen molar-refractivity contribution in [3.8, 4) is 0 Å². The van der Waals surface area contributed by atoms with Crippen LogP contribution in [0.3, 0.4) is 0 Å². The third-order valence-corrected chi connectivity index (χ3v) is 3.61. The standard InChI is InChI=1S/C14H30N2O/c1-13(2,3)12-10-15-14(4,5)11-16(12)8-7-9-17-6/h12,15H,7-11H2,1-6H3. The molecule has 0 amide bonds. The van der Waals surface area contributed by atoms with Gasteiger partial charge in [0.2, 0.25) is 0 Å². The average Bonchev–Trinajstić information content (AvgIpc) is 2.14. The van der Waals surface area contributed by atoms with Crippen molar-refractivity contribution in [2.75, 3.05) is 33.4 Å². The first-order valence-electron chi connectivity index (χ1n) is 6.74. The summed E-state index contributed by atoms with van der Waals surface area (Å²) in [5.74, 6) is 0. The molecule has 1 N–H and O–H groups in total. The lowest BCUT2D eigenvalue weighted by Gasteiger charge is -2.49. The minimum atomic E-state index is 0.231. The Kier molecular flexibility index (Phi) is 4.99. The molecule has 1 saturated heterocycles. The van der Waals surface area contributed by atoms with E-state index in [-0.39, 0.29) is 5.54 Å². The highest BCUT2D eigenvalue weighted by Gasteiger charge is 2.37. The molecule has 102 valence electrons. The van der Waals surface area contributed by atoms with Crippen LogP contribution < -0.4 is 5.32 Å². The van der Waals surface area contributed by atoms with Crippen LogP contribution in [-0.4, -0.2) is 49.8 Å². The number of nitrogens with zero attached hydrogens (tertiary/aromatic N) is 1. The van der Waals surface area contributed by atoms with Crippen LogP contribution in [0.2, 0.25) is 0 Å². The molecule has 1 rings (SSSR count). The third kappa shape index (κ3) is 4.57. The van der Waals surface area contributed by atoms with E-state index in [0.717, 1.165) is 32.7 Å². The molecule has 0 saturated carbocycles. The molecule has 17 heavy (non-hydrogen) atoms. The molecule has 0 radical (unpaired) electrons. The van der Waals surface area contributed by atoms with E-state index in [1.165, 1.54) is 0 Å². The minimum absolute atomic E-state index is 0.231. The van der Waals surface area contributed by atoms with Crippen molar-refractivity contribution in [2.24, 2.45) is 5.41 Å². The van der Waals surface area contributed by atoms with Crippen LogP contribution in [0.15, 0.2) is 0 Å². The number of rotatable bonds is 4. The zero-order chi connectivity index (χ0) is 13.1. The maximum atomic E-state index is 5.16. The first-order chi connectivity index (χ1) is 7.76. The van der Waals surface area contributed by atoms with E-state index in [4.69, 9.17) is 4.74 Å². The number of nitrogens with one attached hydrogen (secondary N) is 1. The van der Waals surface area contributed by atoms with Crippen molar-refractivity contribution in [1.29, 1.82) is 0 Å². The fraction of sp³-hybridized carbons (Fsp3) is 1.00. The molecule has 3 nitrogen and oxygen atoms in total. The smallest absolute Gasteiger partial charge is 0.0474 e. The molecule has 0 bridgehead atoms. The van der Waals surface area contributed by atoms with E-state index >= 15 is 0 Å². The average molecular weight is 242 g/mol. The van der Waals surface area contributed by atoms with E-state index in [1.807, 2.05) is 0 Å². The molecule has 1 aliphatic rings. The minimum Gasteiger partial charge on any atom is -0.385 e. The van der Waals surface area contributed by atoms with E-state index < -0.39 is 0 Å². The summed E-state index contributed by atoms with van der Waals surface area (Å²) in [5.41, 5.74) is 0.561. The van der Waals surface area contributed by atoms with Gasteiger partial charge in [0.05, 0.1) is 0 Å².